The van der Waals surface area contributed by atoms with Gasteiger partial charge in [0.05, 0.1) is 37.0 Å². The maximum absolute atomic E-state index is 11.9. The zero-order valence-electron chi connectivity index (χ0n) is 28.5. The van der Waals surface area contributed by atoms with Crippen LogP contribution in [0.2, 0.25) is 64.0 Å². The van der Waals surface area contributed by atoms with Crippen molar-refractivity contribution >= 4 is 86.7 Å². The quantitative estimate of drug-likeness (QED) is 0.0777. The Morgan fingerprint density at radius 3 is 1.30 bits per heavy atom. The third-order valence-electron chi connectivity index (χ3n) is 9.01. The topological polar surface area (TPSA) is 158 Å². The fraction of sp³-hybridized carbons (Fsp3) is 0.786. The maximum atomic E-state index is 11.9. The second-order valence-corrected chi connectivity index (χ2v) is 44.0. The van der Waals surface area contributed by atoms with Gasteiger partial charge in [0, 0.05) is 0 Å². The summed E-state index contributed by atoms with van der Waals surface area (Å²) in [6.45, 7) is 15.5. The minimum atomic E-state index is -2.13. The molecule has 0 amide bonds. The minimum Gasteiger partial charge on any atom is -0.461 e. The predicted molar refractivity (Wildman–Crippen MR) is 184 cm³/mol. The van der Waals surface area contributed by atoms with Gasteiger partial charge >= 0.3 is 35.8 Å². The van der Waals surface area contributed by atoms with Crippen LogP contribution in [-0.4, -0.2) is 86.7 Å². The molecule has 0 aromatic carbocycles. The average molecular weight is 749 g/mol. The Hall–Kier alpha value is -1.40. The highest BCUT2D eigenvalue weighted by Gasteiger charge is 2.40. The van der Waals surface area contributed by atoms with E-state index in [9.17, 15) is 28.8 Å². The van der Waals surface area contributed by atoms with Crippen molar-refractivity contribution in [3.8, 4) is 0 Å². The van der Waals surface area contributed by atoms with Gasteiger partial charge in [0.1, 0.15) is 0 Å². The van der Waals surface area contributed by atoms with Crippen LogP contribution < -0.4 is 0 Å². The van der Waals surface area contributed by atoms with Gasteiger partial charge in [0.15, 0.2) is 50.9 Å². The number of cyclic esters (lactones) is 6. The molecule has 3 heterocycles. The van der Waals surface area contributed by atoms with Crippen LogP contribution in [0.3, 0.4) is 0 Å². The molecule has 5 atom stereocenters. The molecule has 3 fully saturated rings. The second kappa shape index (κ2) is 16.8. The first-order chi connectivity index (χ1) is 21.3. The first-order valence-corrected chi connectivity index (χ1v) is 34.5. The number of carbonyl (C=O) groups is 6. The van der Waals surface area contributed by atoms with E-state index in [0.717, 1.165) is 37.4 Å². The van der Waals surface area contributed by atoms with E-state index in [1.54, 1.807) is 0 Å². The average Bonchev–Trinajstić information content (AvgIpc) is 3.54. The lowest BCUT2D eigenvalue weighted by Gasteiger charge is -2.36. The van der Waals surface area contributed by atoms with Gasteiger partial charge in [-0.15, -0.1) is 0 Å². The molecule has 260 valence electrons. The zero-order chi connectivity index (χ0) is 34.3. The molecule has 0 aromatic heterocycles. The molecule has 3 aliphatic rings. The first kappa shape index (κ1) is 39.0. The summed E-state index contributed by atoms with van der Waals surface area (Å²) in [6.07, 6.45) is 4.78. The van der Waals surface area contributed by atoms with E-state index in [2.05, 4.69) is 45.8 Å². The summed E-state index contributed by atoms with van der Waals surface area (Å²) in [5.41, 5.74) is 0. The van der Waals surface area contributed by atoms with E-state index in [0.29, 0.717) is 19.3 Å². The van der Waals surface area contributed by atoms with Crippen LogP contribution in [0, 0.1) is 17.8 Å². The molecule has 3 aliphatic heterocycles. The van der Waals surface area contributed by atoms with E-state index in [1.165, 1.54) is 0 Å². The van der Waals surface area contributed by atoms with Gasteiger partial charge < -0.3 is 26.6 Å². The molecular weight excluding hydrogens is 697 g/mol. The van der Waals surface area contributed by atoms with Crippen molar-refractivity contribution in [2.24, 2.45) is 17.8 Å². The monoisotopic (exact) mass is 748 g/mol. The van der Waals surface area contributed by atoms with Crippen molar-refractivity contribution in [3.63, 3.8) is 0 Å². The Balaban J connectivity index is 1.57. The molecule has 3 rings (SSSR count). The molecule has 46 heavy (non-hydrogen) atoms. The summed E-state index contributed by atoms with van der Waals surface area (Å²) < 4.78 is 35.0. The molecular formula is C28H52O12Si6. The standard InChI is InChI=1S/C28H52O12Si6/c1-42(39-45(4,5)15-9-12-21-18-24(30)36-27(21)33)43(40-46(6,7)16-10-13-22-19-25(31)37-28(22)34)41-38-44(2,3)14-8-11-20-17-23(29)35-26(20)32/h20-22,42-43H,8-19,41H2,1-7H3. The highest BCUT2D eigenvalue weighted by atomic mass is 29.6. The number of carbonyl (C=O) groups excluding carboxylic acids is 6. The molecule has 0 saturated carbocycles. The summed E-state index contributed by atoms with van der Waals surface area (Å²) in [4.78, 5) is 70.1. The molecule has 0 N–H and O–H groups in total. The van der Waals surface area contributed by atoms with Crippen molar-refractivity contribution in [2.75, 3.05) is 0 Å². The highest BCUT2D eigenvalue weighted by molar-refractivity contribution is 7.42. The summed E-state index contributed by atoms with van der Waals surface area (Å²) in [6, 6.07) is 2.65. The lowest BCUT2D eigenvalue weighted by molar-refractivity contribution is -0.155. The molecule has 0 aliphatic carbocycles. The zero-order valence-corrected chi connectivity index (χ0v) is 35.2. The molecule has 18 heteroatoms. The number of esters is 6. The lowest BCUT2D eigenvalue weighted by atomic mass is 10.0. The molecule has 3 saturated heterocycles. The predicted octanol–water partition coefficient (Wildman–Crippen LogP) is 3.00. The number of rotatable bonds is 20. The smallest absolute Gasteiger partial charge is 0.317 e. The van der Waals surface area contributed by atoms with Crippen LogP contribution in [0.15, 0.2) is 0 Å². The third-order valence-corrected chi connectivity index (χ3v) is 43.9. The van der Waals surface area contributed by atoms with Crippen molar-refractivity contribution in [2.45, 2.75) is 122 Å². The highest BCUT2D eigenvalue weighted by Crippen LogP contribution is 2.29. The Morgan fingerprint density at radius 1 is 0.609 bits per heavy atom. The van der Waals surface area contributed by atoms with Crippen molar-refractivity contribution in [1.29, 1.82) is 0 Å². The third kappa shape index (κ3) is 12.9. The lowest BCUT2D eigenvalue weighted by Crippen LogP contribution is -2.56. The Labute approximate surface area is 280 Å². The molecule has 5 unspecified atom stereocenters. The molecule has 0 bridgehead atoms. The van der Waals surface area contributed by atoms with Crippen LogP contribution in [0.25, 0.3) is 0 Å². The van der Waals surface area contributed by atoms with Crippen molar-refractivity contribution < 1.29 is 55.3 Å². The SMILES string of the molecule is C[SiH](O[Si](C)(C)CCCC1CC(=O)OC1=O)[SiH](O[Si](C)(C)CCCC1CC(=O)OC1=O)[SiH2]O[Si](C)(C)CCCC1CC(=O)OC1=O. The van der Waals surface area contributed by atoms with Crippen LogP contribution in [-0.2, 0) is 55.3 Å². The van der Waals surface area contributed by atoms with Crippen molar-refractivity contribution in [1.82, 2.24) is 0 Å². The van der Waals surface area contributed by atoms with Gasteiger partial charge in [-0.1, -0.05) is 25.8 Å². The molecule has 12 nitrogen and oxygen atoms in total. The van der Waals surface area contributed by atoms with E-state index >= 15 is 0 Å². The summed E-state index contributed by atoms with van der Waals surface area (Å²) >= 11 is 0. The molecule has 0 spiro atoms. The largest absolute Gasteiger partial charge is 0.461 e. The van der Waals surface area contributed by atoms with Gasteiger partial charge in [-0.25, -0.2) is 0 Å². The molecule has 0 radical (unpaired) electrons. The van der Waals surface area contributed by atoms with Crippen LogP contribution in [0.4, 0.5) is 0 Å². The van der Waals surface area contributed by atoms with Gasteiger partial charge in [-0.2, -0.15) is 0 Å². The molecule has 0 aromatic rings. The summed E-state index contributed by atoms with van der Waals surface area (Å²) in [7, 11) is -10.8. The van der Waals surface area contributed by atoms with Gasteiger partial charge in [-0.3, -0.25) is 28.8 Å². The van der Waals surface area contributed by atoms with E-state index < -0.39 is 86.7 Å². The normalized spacial score (nSPS) is 24.2. The maximum Gasteiger partial charge on any atom is 0.317 e. The Bertz CT molecular complexity index is 1160. The fourth-order valence-electron chi connectivity index (χ4n) is 6.30. The number of hydrogen-bond acceptors (Lipinski definition) is 12. The number of hydrogen-bond donors (Lipinski definition) is 0. The van der Waals surface area contributed by atoms with E-state index in [1.807, 2.05) is 0 Å². The first-order valence-electron chi connectivity index (χ1n) is 16.6. The van der Waals surface area contributed by atoms with Gasteiger partial charge in [-0.05, 0) is 76.7 Å². The van der Waals surface area contributed by atoms with Gasteiger partial charge in [0.25, 0.3) is 0 Å². The van der Waals surface area contributed by atoms with Crippen LogP contribution in [0.5, 0.6) is 0 Å². The Morgan fingerprint density at radius 2 is 0.957 bits per heavy atom. The Kier molecular flexibility index (Phi) is 14.3. The van der Waals surface area contributed by atoms with E-state index in [-0.39, 0.29) is 37.0 Å². The minimum absolute atomic E-state index is 0.160. The van der Waals surface area contributed by atoms with Crippen LogP contribution in [0.1, 0.15) is 57.8 Å². The number of ether oxygens (including phenoxy) is 3. The van der Waals surface area contributed by atoms with Crippen molar-refractivity contribution in [3.05, 3.63) is 0 Å². The van der Waals surface area contributed by atoms with Gasteiger partial charge in [0.2, 0.25) is 0 Å². The summed E-state index contributed by atoms with van der Waals surface area (Å²) in [5.74, 6) is -3.61. The fourth-order valence-corrected chi connectivity index (χ4v) is 51.1. The van der Waals surface area contributed by atoms with E-state index in [4.69, 9.17) is 26.6 Å². The summed E-state index contributed by atoms with van der Waals surface area (Å²) in [5, 5.41) is 0. The second-order valence-electron chi connectivity index (χ2n) is 14.8. The van der Waals surface area contributed by atoms with Crippen LogP contribution >= 0.6 is 0 Å².